The molecule has 18 heavy (non-hydrogen) atoms. The van der Waals surface area contributed by atoms with Gasteiger partial charge in [-0.2, -0.15) is 0 Å². The van der Waals surface area contributed by atoms with Crippen molar-refractivity contribution >= 4 is 33.0 Å². The van der Waals surface area contributed by atoms with Crippen molar-refractivity contribution in [2.24, 2.45) is 0 Å². The zero-order chi connectivity index (χ0) is 13.1. The number of carbonyl (C=O) groups is 1. The van der Waals surface area contributed by atoms with Crippen molar-refractivity contribution in [3.63, 3.8) is 0 Å². The molecule has 0 aliphatic carbocycles. The molecule has 3 nitrogen and oxygen atoms in total. The SMILES string of the molecule is CN(C)C1CCN(CC(=O)c2ccc(Br)s2)CC1. The van der Waals surface area contributed by atoms with E-state index < -0.39 is 0 Å². The van der Waals surface area contributed by atoms with Gasteiger partial charge in [0.15, 0.2) is 5.78 Å². The third kappa shape index (κ3) is 3.63. The summed E-state index contributed by atoms with van der Waals surface area (Å²) in [5.41, 5.74) is 0. The first kappa shape index (κ1) is 14.2. The Morgan fingerprint density at radius 2 is 2.11 bits per heavy atom. The van der Waals surface area contributed by atoms with Crippen LogP contribution in [0.5, 0.6) is 0 Å². The Morgan fingerprint density at radius 1 is 1.44 bits per heavy atom. The Morgan fingerprint density at radius 3 is 2.61 bits per heavy atom. The highest BCUT2D eigenvalue weighted by Crippen LogP contribution is 2.23. The lowest BCUT2D eigenvalue weighted by atomic mass is 10.0. The van der Waals surface area contributed by atoms with Gasteiger partial charge >= 0.3 is 0 Å². The van der Waals surface area contributed by atoms with Crippen molar-refractivity contribution in [1.29, 1.82) is 0 Å². The number of thiophene rings is 1. The summed E-state index contributed by atoms with van der Waals surface area (Å²) in [4.78, 5) is 17.5. The molecule has 2 rings (SSSR count). The molecule has 0 saturated carbocycles. The molecule has 0 atom stereocenters. The fourth-order valence-corrected chi connectivity index (χ4v) is 3.65. The highest BCUT2D eigenvalue weighted by atomic mass is 79.9. The van der Waals surface area contributed by atoms with Crippen LogP contribution in [0.1, 0.15) is 22.5 Å². The van der Waals surface area contributed by atoms with Gasteiger partial charge in [0.1, 0.15) is 0 Å². The molecular formula is C13H19BrN2OS. The molecule has 1 aromatic heterocycles. The first-order chi connectivity index (χ1) is 8.56. The van der Waals surface area contributed by atoms with Gasteiger partial charge in [-0.3, -0.25) is 9.69 Å². The minimum atomic E-state index is 0.244. The number of likely N-dealkylation sites (tertiary alicyclic amines) is 1. The van der Waals surface area contributed by atoms with Gasteiger partial charge in [0, 0.05) is 19.1 Å². The second kappa shape index (κ2) is 6.28. The van der Waals surface area contributed by atoms with Crippen LogP contribution < -0.4 is 0 Å². The normalized spacial score (nSPS) is 18.4. The highest BCUT2D eigenvalue weighted by molar-refractivity contribution is 9.11. The van der Waals surface area contributed by atoms with Crippen molar-refractivity contribution in [3.05, 3.63) is 20.8 Å². The number of rotatable bonds is 4. The lowest BCUT2D eigenvalue weighted by Gasteiger charge is -2.34. The first-order valence-corrected chi connectivity index (χ1v) is 7.84. The van der Waals surface area contributed by atoms with Crippen LogP contribution >= 0.6 is 27.3 Å². The number of ketones is 1. The van der Waals surface area contributed by atoms with Crippen LogP contribution in [-0.4, -0.2) is 55.4 Å². The largest absolute Gasteiger partial charge is 0.306 e. The molecule has 0 bridgehead atoms. The van der Waals surface area contributed by atoms with Gasteiger partial charge in [-0.15, -0.1) is 11.3 Å². The molecule has 0 N–H and O–H groups in total. The number of hydrogen-bond acceptors (Lipinski definition) is 4. The Bertz CT molecular complexity index is 411. The number of piperidine rings is 1. The molecule has 5 heteroatoms. The standard InChI is InChI=1S/C13H19BrN2OS/c1-15(2)10-5-7-16(8-6-10)9-11(17)12-3-4-13(14)18-12/h3-4,10H,5-9H2,1-2H3. The van der Waals surface area contributed by atoms with E-state index in [9.17, 15) is 4.79 Å². The maximum atomic E-state index is 12.1. The minimum Gasteiger partial charge on any atom is -0.306 e. The van der Waals surface area contributed by atoms with E-state index in [1.807, 2.05) is 12.1 Å². The number of nitrogens with zero attached hydrogens (tertiary/aromatic N) is 2. The van der Waals surface area contributed by atoms with Crippen molar-refractivity contribution in [2.45, 2.75) is 18.9 Å². The van der Waals surface area contributed by atoms with Crippen LogP contribution in [0.15, 0.2) is 15.9 Å². The Labute approximate surface area is 121 Å². The smallest absolute Gasteiger partial charge is 0.186 e. The zero-order valence-electron chi connectivity index (χ0n) is 10.9. The quantitative estimate of drug-likeness (QED) is 0.793. The fraction of sp³-hybridized carbons (Fsp3) is 0.615. The molecule has 1 saturated heterocycles. The molecule has 2 heterocycles. The van der Waals surface area contributed by atoms with Crippen LogP contribution in [0.2, 0.25) is 0 Å². The highest BCUT2D eigenvalue weighted by Gasteiger charge is 2.22. The Balaban J connectivity index is 1.83. The summed E-state index contributed by atoms with van der Waals surface area (Å²) in [7, 11) is 4.27. The maximum Gasteiger partial charge on any atom is 0.186 e. The van der Waals surface area contributed by atoms with Gasteiger partial charge < -0.3 is 4.90 Å². The predicted molar refractivity (Wildman–Crippen MR) is 79.5 cm³/mol. The van der Waals surface area contributed by atoms with Gasteiger partial charge in [-0.05, 0) is 55.0 Å². The monoisotopic (exact) mass is 330 g/mol. The molecule has 0 amide bonds. The topological polar surface area (TPSA) is 23.6 Å². The van der Waals surface area contributed by atoms with E-state index in [0.29, 0.717) is 12.6 Å². The lowest BCUT2D eigenvalue weighted by Crippen LogP contribution is -2.43. The van der Waals surface area contributed by atoms with Crippen LogP contribution in [0.25, 0.3) is 0 Å². The second-order valence-corrected chi connectivity index (χ2v) is 7.46. The lowest BCUT2D eigenvalue weighted by molar-refractivity contribution is 0.0878. The summed E-state index contributed by atoms with van der Waals surface area (Å²) in [6.07, 6.45) is 2.32. The van der Waals surface area contributed by atoms with Crippen LogP contribution in [0.3, 0.4) is 0 Å². The van der Waals surface area contributed by atoms with Gasteiger partial charge in [0.2, 0.25) is 0 Å². The molecule has 1 aromatic rings. The Hall–Kier alpha value is -0.230. The Kier molecular flexibility index (Phi) is 4.95. The molecule has 0 radical (unpaired) electrons. The van der Waals surface area contributed by atoms with Crippen molar-refractivity contribution < 1.29 is 4.79 Å². The summed E-state index contributed by atoms with van der Waals surface area (Å²) >= 11 is 4.92. The van der Waals surface area contributed by atoms with Crippen molar-refractivity contribution in [1.82, 2.24) is 9.80 Å². The molecule has 0 unspecified atom stereocenters. The van der Waals surface area contributed by atoms with E-state index in [1.54, 1.807) is 0 Å². The summed E-state index contributed by atoms with van der Waals surface area (Å²) in [5, 5.41) is 0. The van der Waals surface area contributed by atoms with E-state index in [0.717, 1.165) is 34.6 Å². The molecular weight excluding hydrogens is 312 g/mol. The van der Waals surface area contributed by atoms with Crippen LogP contribution in [0.4, 0.5) is 0 Å². The molecule has 0 aromatic carbocycles. The molecule has 1 fully saturated rings. The fourth-order valence-electron chi connectivity index (χ4n) is 2.34. The number of hydrogen-bond donors (Lipinski definition) is 0. The third-order valence-electron chi connectivity index (χ3n) is 3.50. The number of halogens is 1. The van der Waals surface area contributed by atoms with E-state index in [2.05, 4.69) is 39.8 Å². The average Bonchev–Trinajstić information content (AvgIpc) is 2.76. The molecule has 1 aliphatic heterocycles. The van der Waals surface area contributed by atoms with Crippen LogP contribution in [0, 0.1) is 0 Å². The summed E-state index contributed by atoms with van der Waals surface area (Å²) in [5.74, 6) is 0.244. The summed E-state index contributed by atoms with van der Waals surface area (Å²) < 4.78 is 1.03. The van der Waals surface area contributed by atoms with Crippen molar-refractivity contribution in [2.75, 3.05) is 33.7 Å². The van der Waals surface area contributed by atoms with Gasteiger partial charge in [-0.1, -0.05) is 0 Å². The van der Waals surface area contributed by atoms with Crippen molar-refractivity contribution in [3.8, 4) is 0 Å². The molecule has 100 valence electrons. The molecule has 1 aliphatic rings. The third-order valence-corrected chi connectivity index (χ3v) is 5.17. The minimum absolute atomic E-state index is 0.244. The van der Waals surface area contributed by atoms with E-state index in [1.165, 1.54) is 11.3 Å². The maximum absolute atomic E-state index is 12.1. The number of carbonyl (C=O) groups excluding carboxylic acids is 1. The van der Waals surface area contributed by atoms with Crippen LogP contribution in [-0.2, 0) is 0 Å². The van der Waals surface area contributed by atoms with Gasteiger partial charge in [0.05, 0.1) is 15.2 Å². The van der Waals surface area contributed by atoms with E-state index in [-0.39, 0.29) is 5.78 Å². The average molecular weight is 331 g/mol. The van der Waals surface area contributed by atoms with Gasteiger partial charge in [0.25, 0.3) is 0 Å². The first-order valence-electron chi connectivity index (χ1n) is 6.23. The van der Waals surface area contributed by atoms with Gasteiger partial charge in [-0.25, -0.2) is 0 Å². The zero-order valence-corrected chi connectivity index (χ0v) is 13.3. The van der Waals surface area contributed by atoms with E-state index in [4.69, 9.17) is 0 Å². The summed E-state index contributed by atoms with van der Waals surface area (Å²) in [6, 6.07) is 4.52. The second-order valence-electron chi connectivity index (χ2n) is 5.00. The number of Topliss-reactive ketones (excluding diaryl/α,β-unsaturated/α-hetero) is 1. The summed E-state index contributed by atoms with van der Waals surface area (Å²) in [6.45, 7) is 2.62. The molecule has 0 spiro atoms. The predicted octanol–water partition coefficient (Wildman–Crippen LogP) is 2.72. The van der Waals surface area contributed by atoms with E-state index >= 15 is 0 Å².